The van der Waals surface area contributed by atoms with Crippen LogP contribution < -0.4 is 20.5 Å². The van der Waals surface area contributed by atoms with Gasteiger partial charge in [0, 0.05) is 18.2 Å². The van der Waals surface area contributed by atoms with Crippen molar-refractivity contribution in [2.75, 3.05) is 20.8 Å². The number of hydrogen-bond donors (Lipinski definition) is 2. The molecule has 0 fully saturated rings. The predicted octanol–water partition coefficient (Wildman–Crippen LogP) is 2.23. The van der Waals surface area contributed by atoms with Crippen LogP contribution in [0.5, 0.6) is 11.5 Å². The van der Waals surface area contributed by atoms with Gasteiger partial charge in [-0.15, -0.1) is 0 Å². The van der Waals surface area contributed by atoms with Gasteiger partial charge in [0.15, 0.2) is 0 Å². The maximum absolute atomic E-state index is 11.6. The minimum Gasteiger partial charge on any atom is -0.497 e. The van der Waals surface area contributed by atoms with Crippen LogP contribution in [0.3, 0.4) is 0 Å². The minimum atomic E-state index is -0.536. The largest absolute Gasteiger partial charge is 0.497 e. The standard InChI is InChI=1S/C15H24N2O4/c1-15(2,3)21-14(18)17-9-12(16)11-7-6-10(19-4)8-13(11)20-5/h6-8,12H,9,16H2,1-5H3,(H,17,18)/t12-/m0/s1. The van der Waals surface area contributed by atoms with Gasteiger partial charge in [0.2, 0.25) is 0 Å². The van der Waals surface area contributed by atoms with Crippen LogP contribution in [0, 0.1) is 0 Å². The van der Waals surface area contributed by atoms with Crippen molar-refractivity contribution in [3.05, 3.63) is 23.8 Å². The topological polar surface area (TPSA) is 82.8 Å². The third-order valence-corrected chi connectivity index (χ3v) is 2.71. The number of carbonyl (C=O) groups excluding carboxylic acids is 1. The molecule has 1 rings (SSSR count). The van der Waals surface area contributed by atoms with Crippen molar-refractivity contribution in [1.82, 2.24) is 5.32 Å². The number of methoxy groups -OCH3 is 2. The highest BCUT2D eigenvalue weighted by Crippen LogP contribution is 2.28. The third kappa shape index (κ3) is 5.51. The third-order valence-electron chi connectivity index (χ3n) is 2.71. The van der Waals surface area contributed by atoms with Crippen molar-refractivity contribution in [3.8, 4) is 11.5 Å². The highest BCUT2D eigenvalue weighted by molar-refractivity contribution is 5.67. The van der Waals surface area contributed by atoms with E-state index in [9.17, 15) is 4.79 Å². The van der Waals surface area contributed by atoms with Crippen molar-refractivity contribution in [3.63, 3.8) is 0 Å². The summed E-state index contributed by atoms with van der Waals surface area (Å²) in [6.07, 6.45) is -0.495. The van der Waals surface area contributed by atoms with E-state index in [1.54, 1.807) is 47.1 Å². The van der Waals surface area contributed by atoms with Gasteiger partial charge >= 0.3 is 6.09 Å². The van der Waals surface area contributed by atoms with E-state index >= 15 is 0 Å². The summed E-state index contributed by atoms with van der Waals surface area (Å²) < 4.78 is 15.6. The van der Waals surface area contributed by atoms with Crippen molar-refractivity contribution in [2.24, 2.45) is 5.73 Å². The van der Waals surface area contributed by atoms with Crippen LogP contribution in [0.2, 0.25) is 0 Å². The number of nitrogens with two attached hydrogens (primary N) is 1. The molecule has 1 atom stereocenters. The summed E-state index contributed by atoms with van der Waals surface area (Å²) >= 11 is 0. The Bertz CT molecular complexity index is 483. The molecule has 0 bridgehead atoms. The summed E-state index contributed by atoms with van der Waals surface area (Å²) in [5, 5.41) is 2.64. The van der Waals surface area contributed by atoms with Crippen LogP contribution in [0.1, 0.15) is 32.4 Å². The first kappa shape index (κ1) is 17.1. The molecule has 1 aromatic rings. The number of amides is 1. The second kappa shape index (κ2) is 7.17. The first-order chi connectivity index (χ1) is 9.76. The Morgan fingerprint density at radius 1 is 1.29 bits per heavy atom. The zero-order chi connectivity index (χ0) is 16.0. The molecular formula is C15H24N2O4. The fraction of sp³-hybridized carbons (Fsp3) is 0.533. The highest BCUT2D eigenvalue weighted by Gasteiger charge is 2.18. The Morgan fingerprint density at radius 3 is 2.48 bits per heavy atom. The lowest BCUT2D eigenvalue weighted by molar-refractivity contribution is 0.0524. The first-order valence-electron chi connectivity index (χ1n) is 6.71. The van der Waals surface area contributed by atoms with Crippen molar-refractivity contribution < 1.29 is 19.0 Å². The van der Waals surface area contributed by atoms with Gasteiger partial charge in [-0.05, 0) is 26.8 Å². The molecule has 0 saturated carbocycles. The lowest BCUT2D eigenvalue weighted by Gasteiger charge is -2.21. The molecule has 118 valence electrons. The van der Waals surface area contributed by atoms with E-state index in [1.165, 1.54) is 0 Å². The molecule has 3 N–H and O–H groups in total. The van der Waals surface area contributed by atoms with Crippen LogP contribution in [0.25, 0.3) is 0 Å². The van der Waals surface area contributed by atoms with E-state index in [4.69, 9.17) is 19.9 Å². The number of ether oxygens (including phenoxy) is 3. The fourth-order valence-corrected chi connectivity index (χ4v) is 1.74. The highest BCUT2D eigenvalue weighted by atomic mass is 16.6. The molecule has 6 heteroatoms. The van der Waals surface area contributed by atoms with E-state index in [2.05, 4.69) is 5.32 Å². The maximum Gasteiger partial charge on any atom is 0.407 e. The molecular weight excluding hydrogens is 272 g/mol. The van der Waals surface area contributed by atoms with E-state index in [-0.39, 0.29) is 6.54 Å². The van der Waals surface area contributed by atoms with Crippen LogP contribution in [0.4, 0.5) is 4.79 Å². The number of rotatable bonds is 5. The number of nitrogens with one attached hydrogen (secondary N) is 1. The van der Waals surface area contributed by atoms with Gasteiger partial charge in [-0.3, -0.25) is 0 Å². The lowest BCUT2D eigenvalue weighted by atomic mass is 10.1. The van der Waals surface area contributed by atoms with Gasteiger partial charge in [0.25, 0.3) is 0 Å². The van der Waals surface area contributed by atoms with Gasteiger partial charge in [-0.2, -0.15) is 0 Å². The number of benzene rings is 1. The maximum atomic E-state index is 11.6. The summed E-state index contributed by atoms with van der Waals surface area (Å²) in [6, 6.07) is 4.96. The number of carbonyl (C=O) groups is 1. The molecule has 0 aliphatic carbocycles. The minimum absolute atomic E-state index is 0.248. The van der Waals surface area contributed by atoms with Crippen LogP contribution in [-0.4, -0.2) is 32.5 Å². The van der Waals surface area contributed by atoms with Gasteiger partial charge in [-0.1, -0.05) is 6.07 Å². The average Bonchev–Trinajstić information content (AvgIpc) is 2.42. The Balaban J connectivity index is 2.67. The summed E-state index contributed by atoms with van der Waals surface area (Å²) in [6.45, 7) is 5.66. The van der Waals surface area contributed by atoms with Gasteiger partial charge in [0.05, 0.1) is 20.3 Å². The fourth-order valence-electron chi connectivity index (χ4n) is 1.74. The van der Waals surface area contributed by atoms with Crippen molar-refractivity contribution in [1.29, 1.82) is 0 Å². The summed E-state index contributed by atoms with van der Waals surface area (Å²) in [5.74, 6) is 1.30. The van der Waals surface area contributed by atoms with Gasteiger partial charge in [-0.25, -0.2) is 4.79 Å². The average molecular weight is 296 g/mol. The van der Waals surface area contributed by atoms with E-state index < -0.39 is 17.7 Å². The molecule has 0 heterocycles. The molecule has 0 saturated heterocycles. The zero-order valence-corrected chi connectivity index (χ0v) is 13.2. The van der Waals surface area contributed by atoms with Crippen molar-refractivity contribution >= 4 is 6.09 Å². The molecule has 21 heavy (non-hydrogen) atoms. The Hall–Kier alpha value is -1.95. The molecule has 0 aromatic heterocycles. The van der Waals surface area contributed by atoms with Crippen LogP contribution >= 0.6 is 0 Å². The van der Waals surface area contributed by atoms with E-state index in [1.807, 2.05) is 6.07 Å². The second-order valence-electron chi connectivity index (χ2n) is 5.60. The molecule has 0 aliphatic rings. The molecule has 0 spiro atoms. The number of hydrogen-bond acceptors (Lipinski definition) is 5. The number of alkyl carbamates (subject to hydrolysis) is 1. The normalized spacial score (nSPS) is 12.5. The molecule has 0 aliphatic heterocycles. The Labute approximate surface area is 125 Å². The predicted molar refractivity (Wildman–Crippen MR) is 80.7 cm³/mol. The summed E-state index contributed by atoms with van der Waals surface area (Å²) in [5.41, 5.74) is 6.33. The molecule has 6 nitrogen and oxygen atoms in total. The lowest BCUT2D eigenvalue weighted by Crippen LogP contribution is -2.36. The second-order valence-corrected chi connectivity index (χ2v) is 5.60. The van der Waals surface area contributed by atoms with Gasteiger partial charge in [0.1, 0.15) is 17.1 Å². The Morgan fingerprint density at radius 2 is 1.95 bits per heavy atom. The van der Waals surface area contributed by atoms with Crippen LogP contribution in [0.15, 0.2) is 18.2 Å². The SMILES string of the molecule is COc1ccc([C@@H](N)CNC(=O)OC(C)(C)C)c(OC)c1. The zero-order valence-electron chi connectivity index (χ0n) is 13.2. The monoisotopic (exact) mass is 296 g/mol. The Kier molecular flexibility index (Phi) is 5.84. The molecule has 1 aromatic carbocycles. The van der Waals surface area contributed by atoms with E-state index in [0.29, 0.717) is 11.5 Å². The van der Waals surface area contributed by atoms with E-state index in [0.717, 1.165) is 5.56 Å². The first-order valence-corrected chi connectivity index (χ1v) is 6.71. The summed E-state index contributed by atoms with van der Waals surface area (Å²) in [7, 11) is 3.14. The summed E-state index contributed by atoms with van der Waals surface area (Å²) in [4.78, 5) is 11.6. The molecule has 1 amide bonds. The molecule has 0 unspecified atom stereocenters. The van der Waals surface area contributed by atoms with Gasteiger partial charge < -0.3 is 25.3 Å². The van der Waals surface area contributed by atoms with Crippen LogP contribution in [-0.2, 0) is 4.74 Å². The quantitative estimate of drug-likeness (QED) is 0.870. The smallest absolute Gasteiger partial charge is 0.407 e. The molecule has 0 radical (unpaired) electrons. The van der Waals surface area contributed by atoms with Crippen molar-refractivity contribution in [2.45, 2.75) is 32.4 Å².